The van der Waals surface area contributed by atoms with E-state index in [0.29, 0.717) is 22.8 Å². The molecule has 2 aliphatic heterocycles. The molecule has 0 N–H and O–H groups in total. The highest BCUT2D eigenvalue weighted by atomic mass is 19.2. The van der Waals surface area contributed by atoms with Crippen LogP contribution in [-0.4, -0.2) is 35.9 Å². The van der Waals surface area contributed by atoms with Crippen LogP contribution in [0.5, 0.6) is 11.5 Å². The summed E-state index contributed by atoms with van der Waals surface area (Å²) < 4.78 is 50.5. The normalized spacial score (nSPS) is 24.6. The maximum absolute atomic E-state index is 18.4. The molecule has 3 heterocycles. The van der Waals surface area contributed by atoms with Crippen molar-refractivity contribution >= 4 is 36.5 Å². The SMILES string of the molecule is COc1ccc(/C=C/C2=[N+]3C(=C(c4ccccc4)c4c5c(c(/C=C/c6ccc(OC)cc6)n4[B-]3(F)F)C3C=CC5CC3)C3=C2C2C=CC3CC2)cc1. The van der Waals surface area contributed by atoms with Gasteiger partial charge in [0.2, 0.25) is 0 Å². The maximum Gasteiger partial charge on any atom is 0.737 e. The first-order chi connectivity index (χ1) is 25.5. The standard InChI is InChI=1S/C45H39BF2N2O2/c1-51-35-22-8-28(9-23-35)12-26-37-39-31-14-18-33(19-15-31)41(39)44-43(30-6-4-3-5-7-30)45-42-34-20-16-32(17-21-34)40(42)38(50(45)46(47,48)49(37)44)27-13-29-10-24-36(52-2)25-11-29/h3-14,16,18,20,22-27,31-34H,15,17,19,21H2,1-2H3/b26-12+,27-13+. The van der Waals surface area contributed by atoms with Gasteiger partial charge in [-0.2, -0.15) is 0 Å². The van der Waals surface area contributed by atoms with Crippen LogP contribution in [0.2, 0.25) is 0 Å². The lowest BCUT2D eigenvalue weighted by Crippen LogP contribution is -2.52. The van der Waals surface area contributed by atoms with Crippen LogP contribution in [-0.2, 0) is 0 Å². The predicted octanol–water partition coefficient (Wildman–Crippen LogP) is 10.3. The van der Waals surface area contributed by atoms with Crippen molar-refractivity contribution in [2.75, 3.05) is 14.2 Å². The van der Waals surface area contributed by atoms with Crippen molar-refractivity contribution in [3.8, 4) is 11.5 Å². The Bertz CT molecular complexity index is 2360. The van der Waals surface area contributed by atoms with Crippen molar-refractivity contribution in [1.82, 2.24) is 4.48 Å². The Morgan fingerprint density at radius 2 is 1.17 bits per heavy atom. The molecule has 8 aliphatic rings. The molecule has 0 amide bonds. The number of rotatable bonds is 7. The van der Waals surface area contributed by atoms with Gasteiger partial charge in [-0.05, 0) is 89.9 Å². The Morgan fingerprint density at radius 1 is 0.635 bits per heavy atom. The first-order valence-electron chi connectivity index (χ1n) is 18.5. The minimum Gasteiger partial charge on any atom is -0.497 e. The second-order valence-corrected chi connectivity index (χ2v) is 14.8. The van der Waals surface area contributed by atoms with E-state index in [1.54, 1.807) is 14.2 Å². The molecule has 3 aromatic carbocycles. The van der Waals surface area contributed by atoms with Crippen LogP contribution in [0.1, 0.15) is 76.7 Å². The van der Waals surface area contributed by atoms with E-state index in [0.717, 1.165) is 81.7 Å². The lowest BCUT2D eigenvalue weighted by molar-refractivity contribution is -0.362. The van der Waals surface area contributed by atoms with Crippen LogP contribution in [0.3, 0.4) is 0 Å². The van der Waals surface area contributed by atoms with E-state index >= 15 is 8.63 Å². The average Bonchev–Trinajstić information content (AvgIpc) is 3.76. The molecule has 0 fully saturated rings. The summed E-state index contributed by atoms with van der Waals surface area (Å²) in [6.45, 7) is -4.33. The van der Waals surface area contributed by atoms with E-state index in [4.69, 9.17) is 9.47 Å². The summed E-state index contributed by atoms with van der Waals surface area (Å²) in [5.74, 6) is 1.90. The summed E-state index contributed by atoms with van der Waals surface area (Å²) in [5, 5.41) is 0. The molecule has 7 heteroatoms. The van der Waals surface area contributed by atoms with E-state index in [-0.39, 0.29) is 23.7 Å². The molecule has 258 valence electrons. The van der Waals surface area contributed by atoms with Crippen molar-refractivity contribution < 1.29 is 22.6 Å². The number of halogens is 2. The minimum atomic E-state index is -4.33. The molecule has 4 aromatic rings. The number of hydrogen-bond donors (Lipinski definition) is 0. The fourth-order valence-corrected chi connectivity index (χ4v) is 9.80. The summed E-state index contributed by atoms with van der Waals surface area (Å²) in [6.07, 6.45) is 20.8. The highest BCUT2D eigenvalue weighted by Crippen LogP contribution is 2.58. The molecule has 4 nitrogen and oxygen atoms in total. The van der Waals surface area contributed by atoms with Gasteiger partial charge in [0.25, 0.3) is 0 Å². The third kappa shape index (κ3) is 4.54. The Labute approximate surface area is 303 Å². The third-order valence-corrected chi connectivity index (χ3v) is 12.1. The van der Waals surface area contributed by atoms with Crippen LogP contribution in [0.4, 0.5) is 8.63 Å². The van der Waals surface area contributed by atoms with Gasteiger partial charge in [0.15, 0.2) is 11.4 Å². The molecule has 1 aromatic heterocycles. The van der Waals surface area contributed by atoms with Crippen LogP contribution in [0.15, 0.2) is 126 Å². The van der Waals surface area contributed by atoms with Gasteiger partial charge in [-0.1, -0.05) is 85.0 Å². The molecular weight excluding hydrogens is 649 g/mol. The summed E-state index contributed by atoms with van der Waals surface area (Å²) in [5.41, 5.74) is 10.7. The Kier molecular flexibility index (Phi) is 7.11. The fourth-order valence-electron chi connectivity index (χ4n) is 9.80. The molecule has 4 atom stereocenters. The number of aromatic nitrogens is 1. The molecule has 0 spiro atoms. The Hall–Kier alpha value is -5.43. The number of benzene rings is 3. The van der Waals surface area contributed by atoms with Gasteiger partial charge in [0.1, 0.15) is 11.5 Å². The quantitative estimate of drug-likeness (QED) is 0.143. The lowest BCUT2D eigenvalue weighted by atomic mass is 9.68. The Balaban J connectivity index is 1.28. The van der Waals surface area contributed by atoms with Gasteiger partial charge in [-0.3, -0.25) is 0 Å². The zero-order chi connectivity index (χ0) is 35.1. The molecule has 52 heavy (non-hydrogen) atoms. The van der Waals surface area contributed by atoms with Gasteiger partial charge in [-0.25, -0.2) is 0 Å². The highest BCUT2D eigenvalue weighted by Gasteiger charge is 2.61. The number of nitrogens with zero attached hydrogens (tertiary/aromatic N) is 2. The van der Waals surface area contributed by atoms with E-state index in [9.17, 15) is 0 Å². The molecule has 6 aliphatic carbocycles. The van der Waals surface area contributed by atoms with E-state index in [1.807, 2.05) is 91.0 Å². The fraction of sp³-hybridized carbons (Fsp3) is 0.222. The van der Waals surface area contributed by atoms with Crippen molar-refractivity contribution in [2.24, 2.45) is 11.8 Å². The van der Waals surface area contributed by atoms with Crippen LogP contribution < -0.4 is 9.47 Å². The molecule has 0 saturated carbocycles. The Morgan fingerprint density at radius 3 is 1.75 bits per heavy atom. The van der Waals surface area contributed by atoms with Crippen molar-refractivity contribution in [2.45, 2.75) is 37.5 Å². The largest absolute Gasteiger partial charge is 0.737 e. The second kappa shape index (κ2) is 11.8. The topological polar surface area (TPSA) is 26.4 Å². The monoisotopic (exact) mass is 688 g/mol. The zero-order valence-electron chi connectivity index (χ0n) is 29.3. The highest BCUT2D eigenvalue weighted by molar-refractivity contribution is 6.59. The second-order valence-electron chi connectivity index (χ2n) is 14.8. The van der Waals surface area contributed by atoms with Gasteiger partial charge < -0.3 is 27.1 Å². The molecule has 4 unspecified atom stereocenters. The van der Waals surface area contributed by atoms with E-state index in [2.05, 4.69) is 36.4 Å². The van der Waals surface area contributed by atoms with Gasteiger partial charge in [0, 0.05) is 52.3 Å². The number of allylic oxidation sites excluding steroid dienone is 7. The molecular formula is C45H39BF2N2O2. The summed E-state index contributed by atoms with van der Waals surface area (Å²) in [7, 11) is 3.29. The van der Waals surface area contributed by atoms with Crippen LogP contribution in [0.25, 0.3) is 23.8 Å². The van der Waals surface area contributed by atoms with Crippen LogP contribution >= 0.6 is 0 Å². The van der Waals surface area contributed by atoms with E-state index < -0.39 is 6.97 Å². The predicted molar refractivity (Wildman–Crippen MR) is 206 cm³/mol. The molecule has 0 saturated heterocycles. The van der Waals surface area contributed by atoms with Gasteiger partial charge >= 0.3 is 6.97 Å². The molecule has 4 bridgehead atoms. The zero-order valence-corrected chi connectivity index (χ0v) is 29.3. The van der Waals surface area contributed by atoms with E-state index in [1.165, 1.54) is 8.96 Å². The summed E-state index contributed by atoms with van der Waals surface area (Å²) >= 11 is 0. The van der Waals surface area contributed by atoms with Crippen molar-refractivity contribution in [1.29, 1.82) is 0 Å². The molecule has 12 rings (SSSR count). The number of hydrogen-bond acceptors (Lipinski definition) is 2. The summed E-state index contributed by atoms with van der Waals surface area (Å²) in [4.78, 5) is 0. The average molecular weight is 689 g/mol. The first kappa shape index (κ1) is 31.3. The molecule has 0 radical (unpaired) electrons. The third-order valence-electron chi connectivity index (χ3n) is 12.1. The maximum atomic E-state index is 18.4. The van der Waals surface area contributed by atoms with Crippen molar-refractivity contribution in [3.05, 3.63) is 165 Å². The number of fused-ring (bicyclic) bond motifs is 4. The van der Waals surface area contributed by atoms with Gasteiger partial charge in [-0.15, -0.1) is 0 Å². The number of methoxy groups -OCH3 is 2. The minimum absolute atomic E-state index is 0.0952. The van der Waals surface area contributed by atoms with Crippen LogP contribution in [0, 0.1) is 11.8 Å². The lowest BCUT2D eigenvalue weighted by Gasteiger charge is -2.36. The summed E-state index contributed by atoms with van der Waals surface area (Å²) in [6, 6.07) is 25.8. The smallest absolute Gasteiger partial charge is 0.497 e. The van der Waals surface area contributed by atoms with Gasteiger partial charge in [0.05, 0.1) is 19.8 Å². The van der Waals surface area contributed by atoms with Crippen molar-refractivity contribution in [3.63, 3.8) is 0 Å². The first-order valence-corrected chi connectivity index (χ1v) is 18.5. The number of ether oxygens (including phenoxy) is 2.